The largest absolute Gasteiger partial charge is 0.497 e. The third-order valence-corrected chi connectivity index (χ3v) is 25.1. The number of Topliss-reactive ketones (excluding diaryl/α,β-unsaturated/α-hetero) is 1. The van der Waals surface area contributed by atoms with Gasteiger partial charge in [-0.15, -0.1) is 0 Å². The topological polar surface area (TPSA) is 265 Å². The molecule has 3 saturated heterocycles. The minimum atomic E-state index is -3.53. The summed E-state index contributed by atoms with van der Waals surface area (Å²) in [5.41, 5.74) is 15.7. The van der Waals surface area contributed by atoms with Crippen LogP contribution in [-0.4, -0.2) is 151 Å². The molecule has 15 atom stereocenters. The van der Waals surface area contributed by atoms with Crippen LogP contribution in [-0.2, 0) is 125 Å². The monoisotopic (exact) mass is 1570 g/mol. The molecule has 0 spiro atoms. The first-order valence-corrected chi connectivity index (χ1v) is 40.1. The quantitative estimate of drug-likeness (QED) is 0.00874. The van der Waals surface area contributed by atoms with Crippen molar-refractivity contribution in [3.8, 4) is 5.75 Å². The van der Waals surface area contributed by atoms with Gasteiger partial charge in [-0.1, -0.05) is 269 Å². The lowest BCUT2D eigenvalue weighted by Crippen LogP contribution is -2.69. The highest BCUT2D eigenvalue weighted by atomic mass is 28.4. The Labute approximate surface area is 665 Å². The summed E-state index contributed by atoms with van der Waals surface area (Å²) in [7, 11) is -0.821. The van der Waals surface area contributed by atoms with E-state index in [9.17, 15) is 15.1 Å². The zero-order valence-corrected chi connectivity index (χ0v) is 65.6. The van der Waals surface area contributed by atoms with E-state index in [2.05, 4.69) is 30.8 Å². The van der Waals surface area contributed by atoms with Crippen molar-refractivity contribution < 1.29 is 94.7 Å². The minimum absolute atomic E-state index is 0.0660. The summed E-state index contributed by atoms with van der Waals surface area (Å²) >= 11 is 0. The molecule has 0 N–H and O–H groups in total. The van der Waals surface area contributed by atoms with Gasteiger partial charge >= 0.3 is 17.9 Å². The molecular weight excluding hydrogens is 1470 g/mol. The number of carbonyl (C=O) groups excluding carboxylic acids is 4. The van der Waals surface area contributed by atoms with E-state index in [1.54, 1.807) is 61.7 Å². The van der Waals surface area contributed by atoms with E-state index in [4.69, 9.17) is 75.5 Å². The number of benzene rings is 9. The van der Waals surface area contributed by atoms with Gasteiger partial charge < -0.3 is 80.3 Å². The molecule has 0 saturated carbocycles. The fourth-order valence-electron chi connectivity index (χ4n) is 14.4. The number of hydrogen-bond acceptors (Lipinski definition) is 21. The van der Waals surface area contributed by atoms with E-state index in [1.807, 2.05) is 212 Å². The Balaban J connectivity index is 0.976. The maximum Gasteiger partial charge on any atom is 0.338 e. The first-order chi connectivity index (χ1) is 55.6. The Morgan fingerprint density at radius 3 is 1.30 bits per heavy atom. The molecule has 3 heterocycles. The highest BCUT2D eigenvalue weighted by molar-refractivity contribution is 6.99. The van der Waals surface area contributed by atoms with E-state index >= 15 is 9.59 Å². The number of methoxy groups -OCH3 is 2. The minimum Gasteiger partial charge on any atom is -0.497 e. The average Bonchev–Trinajstić information content (AvgIpc) is 0.748. The molecule has 0 bridgehead atoms. The molecule has 0 aromatic heterocycles. The lowest BCUT2D eigenvalue weighted by Gasteiger charge is -2.50. The van der Waals surface area contributed by atoms with E-state index in [0.29, 0.717) is 16.9 Å². The second kappa shape index (κ2) is 41.3. The Hall–Kier alpha value is -10.1. The van der Waals surface area contributed by atoms with Gasteiger partial charge in [-0.05, 0) is 85.5 Å². The van der Waals surface area contributed by atoms with Crippen LogP contribution < -0.4 is 15.1 Å². The predicted molar refractivity (Wildman–Crippen MR) is 424 cm³/mol. The molecule has 3 aliphatic heterocycles. The predicted octanol–water partition coefficient (Wildman–Crippen LogP) is 13.7. The van der Waals surface area contributed by atoms with Crippen LogP contribution >= 0.6 is 0 Å². The Morgan fingerprint density at radius 2 is 0.833 bits per heavy atom. The normalized spacial score (nSPS) is 23.6. The fourth-order valence-corrected chi connectivity index (χ4v) is 19.0. The number of azide groups is 1. The molecule has 0 unspecified atom stereocenters. The van der Waals surface area contributed by atoms with Gasteiger partial charge in [0.15, 0.2) is 37.2 Å². The number of nitrogens with zero attached hydrogens (tertiary/aromatic N) is 3. The van der Waals surface area contributed by atoms with Crippen LogP contribution in [0.3, 0.4) is 0 Å². The third kappa shape index (κ3) is 21.9. The molecule has 0 aliphatic carbocycles. The first kappa shape index (κ1) is 83.3. The number of ketones is 1. The highest BCUT2D eigenvalue weighted by Gasteiger charge is 2.59. The van der Waals surface area contributed by atoms with Gasteiger partial charge in [0, 0.05) is 11.3 Å². The Morgan fingerprint density at radius 1 is 0.421 bits per heavy atom. The van der Waals surface area contributed by atoms with Gasteiger partial charge in [-0.3, -0.25) is 4.79 Å². The van der Waals surface area contributed by atoms with Crippen molar-refractivity contribution in [3.63, 3.8) is 0 Å². The SMILES string of the molecule is COC(=O)[C@@H]1O[C@@H](OC[C@H]2O[C@@H](OCc3ccccc3)[C@H](OCc3ccccc3)[C@@H](OCc3ccccc3)[C@@H]2OCc2ccccc2)[C@H](OC(=O)c2ccccc2)[C@@H](OCc2ccccc2)[C@@H]1O[C@H]1O[C@H](CO[Si](c2ccccc2)(c2ccccc2)C(C)(C)C)[C@@H](OC(=O)CCC(C)=O)[C@H](OCc2ccc(OC)cc2)[C@H]1N=[N+]=[N-]. The second-order valence-electron chi connectivity index (χ2n) is 29.0. The Kier molecular flexibility index (Phi) is 30.2. The molecule has 596 valence electrons. The number of carbonyl (C=O) groups is 4. The van der Waals surface area contributed by atoms with Crippen molar-refractivity contribution in [1.82, 2.24) is 0 Å². The zero-order valence-electron chi connectivity index (χ0n) is 64.6. The fraction of sp³-hybridized carbons (Fsp3) is 0.356. The van der Waals surface area contributed by atoms with Crippen molar-refractivity contribution in [1.29, 1.82) is 0 Å². The van der Waals surface area contributed by atoms with Crippen LogP contribution in [0.25, 0.3) is 10.4 Å². The molecule has 9 aromatic rings. The summed E-state index contributed by atoms with van der Waals surface area (Å²) in [5.74, 6) is -2.36. The number of ether oxygens (including phenoxy) is 15. The van der Waals surface area contributed by atoms with Crippen LogP contribution in [0.5, 0.6) is 5.75 Å². The second-order valence-corrected chi connectivity index (χ2v) is 33.3. The lowest BCUT2D eigenvalue weighted by atomic mass is 9.94. The summed E-state index contributed by atoms with van der Waals surface area (Å²) in [6, 6.07) is 81.1. The maximum absolute atomic E-state index is 15.3. The summed E-state index contributed by atoms with van der Waals surface area (Å²) in [5, 5.41) is 5.57. The summed E-state index contributed by atoms with van der Waals surface area (Å²) < 4.78 is 110. The molecule has 114 heavy (non-hydrogen) atoms. The van der Waals surface area contributed by atoms with Crippen molar-refractivity contribution in [2.75, 3.05) is 27.4 Å². The number of esters is 3. The summed E-state index contributed by atoms with van der Waals surface area (Å²) in [6.07, 6.45) is -20.7. The van der Waals surface area contributed by atoms with Gasteiger partial charge in [0.05, 0.1) is 79.1 Å². The van der Waals surface area contributed by atoms with Crippen molar-refractivity contribution in [3.05, 3.63) is 316 Å². The molecule has 3 fully saturated rings. The smallest absolute Gasteiger partial charge is 0.338 e. The van der Waals surface area contributed by atoms with Crippen LogP contribution in [0.4, 0.5) is 0 Å². The molecule has 3 aliphatic rings. The molecular formula is C90H97N3O20Si. The van der Waals surface area contributed by atoms with Gasteiger partial charge in [-0.25, -0.2) is 9.59 Å². The van der Waals surface area contributed by atoms with Gasteiger partial charge in [0.25, 0.3) is 8.32 Å². The first-order valence-electron chi connectivity index (χ1n) is 38.2. The molecule has 0 radical (unpaired) electrons. The van der Waals surface area contributed by atoms with E-state index in [1.165, 1.54) is 6.92 Å². The lowest BCUT2D eigenvalue weighted by molar-refractivity contribution is -0.359. The highest BCUT2D eigenvalue weighted by Crippen LogP contribution is 2.42. The molecule has 23 nitrogen and oxygen atoms in total. The Bertz CT molecular complexity index is 4450. The van der Waals surface area contributed by atoms with Crippen LogP contribution in [0.15, 0.2) is 272 Å². The van der Waals surface area contributed by atoms with Gasteiger partial charge in [-0.2, -0.15) is 0 Å². The maximum atomic E-state index is 15.3. The molecule has 0 amide bonds. The third-order valence-electron chi connectivity index (χ3n) is 20.1. The van der Waals surface area contributed by atoms with Crippen LogP contribution in [0.2, 0.25) is 5.04 Å². The standard InChI is InChI=1S/C90H97N3O20Si/c1-61(94)47-52-74(95)110-77-73(60-107-114(90(2,3)4,70-43-27-13-28-44-70)71-45-29-14-30-46-71)108-87(75(92-93-91)78(77)101-57-67-48-50-69(98-5)51-49-67)112-81-80(103-55-64-35-19-9-20-36-64)84(111-85(96)68-41-25-12-26-42-68)89(113-82(81)86(97)99-6)106-59-72-76(100-53-62-31-15-7-16-32-62)79(102-54-63-33-17-8-18-34-63)83(104-56-65-37-21-10-22-38-65)88(109-72)105-58-66-39-23-11-24-40-66/h7-46,48-51,72-73,75-84,87-89H,47,52-60H2,1-6H3/t72-,73-,75-,76-,77-,78-,79+,80+,81+,82-,83-,84-,87-,88-,89-/m1/s1. The summed E-state index contributed by atoms with van der Waals surface area (Å²) in [6.45, 7) is 6.90. The molecule has 12 rings (SSSR count). The zero-order chi connectivity index (χ0) is 79.7. The van der Waals surface area contributed by atoms with E-state index in [0.717, 1.165) is 39.7 Å². The summed E-state index contributed by atoms with van der Waals surface area (Å²) in [4.78, 5) is 60.9. The average molecular weight is 1570 g/mol. The van der Waals surface area contributed by atoms with Crippen LogP contribution in [0, 0.1) is 0 Å². The number of hydrogen-bond donors (Lipinski definition) is 0. The molecule has 24 heteroatoms. The molecule has 9 aromatic carbocycles. The van der Waals surface area contributed by atoms with Crippen molar-refractivity contribution >= 4 is 42.4 Å². The van der Waals surface area contributed by atoms with Crippen LogP contribution in [0.1, 0.15) is 84.3 Å². The van der Waals surface area contributed by atoms with Crippen molar-refractivity contribution in [2.24, 2.45) is 5.11 Å². The van der Waals surface area contributed by atoms with Gasteiger partial charge in [0.1, 0.15) is 66.4 Å². The number of rotatable bonds is 37. The van der Waals surface area contributed by atoms with Crippen molar-refractivity contribution in [2.45, 2.75) is 177 Å². The van der Waals surface area contributed by atoms with E-state index < -0.39 is 130 Å². The van der Waals surface area contributed by atoms with Gasteiger partial charge in [0.2, 0.25) is 0 Å². The van der Waals surface area contributed by atoms with E-state index in [-0.39, 0.29) is 70.4 Å².